The standard InChI is InChI=1S/C20H26N4O3/c1-20(2,3)26-19(25)24-12-8-16(9-13-24)14-17-22-18(27-23-17)5-4-15-6-10-21-11-7-15/h4-7,10-11,16H,8-9,12-14H2,1-3H3/b5-4+. The average Bonchev–Trinajstić information content (AvgIpc) is 3.07. The lowest BCUT2D eigenvalue weighted by molar-refractivity contribution is 0.0183. The van der Waals surface area contributed by atoms with E-state index in [2.05, 4.69) is 15.1 Å². The molecule has 27 heavy (non-hydrogen) atoms. The average molecular weight is 370 g/mol. The van der Waals surface area contributed by atoms with E-state index in [4.69, 9.17) is 9.26 Å². The smallest absolute Gasteiger partial charge is 0.410 e. The van der Waals surface area contributed by atoms with Crippen LogP contribution in [-0.2, 0) is 11.2 Å². The van der Waals surface area contributed by atoms with Gasteiger partial charge in [0.25, 0.3) is 5.89 Å². The summed E-state index contributed by atoms with van der Waals surface area (Å²) in [6, 6.07) is 3.82. The van der Waals surface area contributed by atoms with Crippen molar-refractivity contribution in [2.24, 2.45) is 5.92 Å². The summed E-state index contributed by atoms with van der Waals surface area (Å²) in [7, 11) is 0. The molecule has 1 saturated heterocycles. The van der Waals surface area contributed by atoms with Crippen molar-refractivity contribution in [2.45, 2.75) is 45.6 Å². The molecular formula is C20H26N4O3. The fraction of sp³-hybridized carbons (Fsp3) is 0.500. The number of hydrogen-bond donors (Lipinski definition) is 0. The molecule has 144 valence electrons. The van der Waals surface area contributed by atoms with E-state index in [1.165, 1.54) is 0 Å². The fourth-order valence-corrected chi connectivity index (χ4v) is 2.96. The second-order valence-electron chi connectivity index (χ2n) is 7.78. The molecule has 0 N–H and O–H groups in total. The summed E-state index contributed by atoms with van der Waals surface area (Å²) in [6.07, 6.45) is 9.55. The van der Waals surface area contributed by atoms with E-state index >= 15 is 0 Å². The van der Waals surface area contributed by atoms with E-state index in [1.807, 2.05) is 39.0 Å². The normalized spacial score (nSPS) is 16.0. The third-order valence-corrected chi connectivity index (χ3v) is 4.35. The maximum absolute atomic E-state index is 12.1. The molecule has 1 aliphatic rings. The van der Waals surface area contributed by atoms with E-state index in [0.717, 1.165) is 24.8 Å². The molecule has 0 aliphatic carbocycles. The number of carbonyl (C=O) groups excluding carboxylic acids is 1. The van der Waals surface area contributed by atoms with Gasteiger partial charge in [-0.3, -0.25) is 4.98 Å². The molecule has 3 heterocycles. The summed E-state index contributed by atoms with van der Waals surface area (Å²) in [5.74, 6) is 1.64. The zero-order valence-corrected chi connectivity index (χ0v) is 16.1. The van der Waals surface area contributed by atoms with Crippen LogP contribution in [0.4, 0.5) is 4.79 Å². The van der Waals surface area contributed by atoms with Gasteiger partial charge in [0.05, 0.1) is 0 Å². The van der Waals surface area contributed by atoms with E-state index < -0.39 is 5.60 Å². The minimum Gasteiger partial charge on any atom is -0.444 e. The van der Waals surface area contributed by atoms with Crippen LogP contribution in [0.15, 0.2) is 29.0 Å². The molecule has 0 radical (unpaired) electrons. The Bertz CT molecular complexity index is 772. The van der Waals surface area contributed by atoms with Gasteiger partial charge in [-0.15, -0.1) is 0 Å². The minimum absolute atomic E-state index is 0.232. The summed E-state index contributed by atoms with van der Waals surface area (Å²) >= 11 is 0. The molecule has 0 bridgehead atoms. The molecular weight excluding hydrogens is 344 g/mol. The van der Waals surface area contributed by atoms with Crippen molar-refractivity contribution in [3.63, 3.8) is 0 Å². The first-order chi connectivity index (χ1) is 12.9. The van der Waals surface area contributed by atoms with Crippen LogP contribution >= 0.6 is 0 Å². The lowest BCUT2D eigenvalue weighted by atomic mass is 9.93. The summed E-state index contributed by atoms with van der Waals surface area (Å²) in [4.78, 5) is 22.3. The molecule has 0 atom stereocenters. The van der Waals surface area contributed by atoms with Crippen LogP contribution in [0, 0.1) is 5.92 Å². The summed E-state index contributed by atoms with van der Waals surface area (Å²) in [5, 5.41) is 4.07. The number of hydrogen-bond acceptors (Lipinski definition) is 6. The molecule has 2 aromatic heterocycles. The van der Waals surface area contributed by atoms with Gasteiger partial charge in [0.1, 0.15) is 5.60 Å². The van der Waals surface area contributed by atoms with Crippen molar-refractivity contribution in [3.05, 3.63) is 41.8 Å². The highest BCUT2D eigenvalue weighted by Crippen LogP contribution is 2.22. The van der Waals surface area contributed by atoms with Crippen LogP contribution in [0.25, 0.3) is 12.2 Å². The SMILES string of the molecule is CC(C)(C)OC(=O)N1CCC(Cc2noc(/C=C/c3ccncc3)n2)CC1. The fourth-order valence-electron chi connectivity index (χ4n) is 2.96. The van der Waals surface area contributed by atoms with E-state index in [-0.39, 0.29) is 6.09 Å². The second-order valence-corrected chi connectivity index (χ2v) is 7.78. The molecule has 2 aromatic rings. The zero-order valence-electron chi connectivity index (χ0n) is 16.1. The molecule has 0 unspecified atom stereocenters. The molecule has 7 heteroatoms. The lowest BCUT2D eigenvalue weighted by Gasteiger charge is -2.33. The molecule has 1 aliphatic heterocycles. The number of ether oxygens (including phenoxy) is 1. The van der Waals surface area contributed by atoms with Crippen molar-refractivity contribution in [1.82, 2.24) is 20.0 Å². The Balaban J connectivity index is 1.48. The van der Waals surface area contributed by atoms with Crippen molar-refractivity contribution in [1.29, 1.82) is 0 Å². The van der Waals surface area contributed by atoms with E-state index in [1.54, 1.807) is 23.4 Å². The maximum atomic E-state index is 12.1. The number of amides is 1. The molecule has 3 rings (SSSR count). The van der Waals surface area contributed by atoms with Gasteiger partial charge in [-0.2, -0.15) is 4.98 Å². The molecule has 0 aromatic carbocycles. The molecule has 1 amide bonds. The van der Waals surface area contributed by atoms with Gasteiger partial charge >= 0.3 is 6.09 Å². The van der Waals surface area contributed by atoms with Crippen LogP contribution in [0.2, 0.25) is 0 Å². The molecule has 1 fully saturated rings. The van der Waals surface area contributed by atoms with Crippen LogP contribution in [0.3, 0.4) is 0 Å². The van der Waals surface area contributed by atoms with Gasteiger partial charge < -0.3 is 14.2 Å². The molecule has 7 nitrogen and oxygen atoms in total. The van der Waals surface area contributed by atoms with Crippen LogP contribution in [0.1, 0.15) is 50.9 Å². The van der Waals surface area contributed by atoms with Crippen molar-refractivity contribution < 1.29 is 14.1 Å². The Morgan fingerprint density at radius 3 is 2.63 bits per heavy atom. The third kappa shape index (κ3) is 5.91. The summed E-state index contributed by atoms with van der Waals surface area (Å²) < 4.78 is 10.7. The number of aromatic nitrogens is 3. The monoisotopic (exact) mass is 370 g/mol. The number of likely N-dealkylation sites (tertiary alicyclic amines) is 1. The van der Waals surface area contributed by atoms with Crippen molar-refractivity contribution >= 4 is 18.2 Å². The Labute approximate surface area is 159 Å². The first kappa shape index (κ1) is 19.1. The molecule has 0 spiro atoms. The highest BCUT2D eigenvalue weighted by atomic mass is 16.6. The van der Waals surface area contributed by atoms with Crippen LogP contribution in [-0.4, -0.2) is 44.8 Å². The second kappa shape index (κ2) is 8.33. The van der Waals surface area contributed by atoms with Crippen molar-refractivity contribution in [2.75, 3.05) is 13.1 Å². The molecule has 0 saturated carbocycles. The van der Waals surface area contributed by atoms with Gasteiger partial charge in [0.2, 0.25) is 0 Å². The zero-order chi connectivity index (χ0) is 19.3. The first-order valence-electron chi connectivity index (χ1n) is 9.28. The Morgan fingerprint density at radius 1 is 1.26 bits per heavy atom. The number of nitrogens with zero attached hydrogens (tertiary/aromatic N) is 4. The summed E-state index contributed by atoms with van der Waals surface area (Å²) in [6.45, 7) is 7.05. The quantitative estimate of drug-likeness (QED) is 0.814. The van der Waals surface area contributed by atoms with Gasteiger partial charge in [0, 0.05) is 38.0 Å². The maximum Gasteiger partial charge on any atom is 0.410 e. The van der Waals surface area contributed by atoms with Gasteiger partial charge in [-0.05, 0) is 63.3 Å². The topological polar surface area (TPSA) is 81.4 Å². The van der Waals surface area contributed by atoms with Crippen molar-refractivity contribution in [3.8, 4) is 0 Å². The van der Waals surface area contributed by atoms with E-state index in [9.17, 15) is 4.79 Å². The lowest BCUT2D eigenvalue weighted by Crippen LogP contribution is -2.42. The highest BCUT2D eigenvalue weighted by Gasteiger charge is 2.27. The summed E-state index contributed by atoms with van der Waals surface area (Å²) in [5.41, 5.74) is 0.568. The van der Waals surface area contributed by atoms with Gasteiger partial charge in [0.15, 0.2) is 5.82 Å². The first-order valence-corrected chi connectivity index (χ1v) is 9.28. The number of piperidine rings is 1. The number of pyridine rings is 1. The number of rotatable bonds is 4. The number of carbonyl (C=O) groups is 1. The highest BCUT2D eigenvalue weighted by molar-refractivity contribution is 5.68. The Hall–Kier alpha value is -2.70. The van der Waals surface area contributed by atoms with Gasteiger partial charge in [-0.25, -0.2) is 4.79 Å². The van der Waals surface area contributed by atoms with E-state index in [0.29, 0.717) is 30.7 Å². The largest absolute Gasteiger partial charge is 0.444 e. The minimum atomic E-state index is -0.460. The predicted octanol–water partition coefficient (Wildman–Crippen LogP) is 3.82. The predicted molar refractivity (Wildman–Crippen MR) is 102 cm³/mol. The Kier molecular flexibility index (Phi) is 5.88. The third-order valence-electron chi connectivity index (χ3n) is 4.35. The Morgan fingerprint density at radius 2 is 1.96 bits per heavy atom. The van der Waals surface area contributed by atoms with Gasteiger partial charge in [-0.1, -0.05) is 5.16 Å². The van der Waals surface area contributed by atoms with Crippen LogP contribution in [0.5, 0.6) is 0 Å². The van der Waals surface area contributed by atoms with Crippen LogP contribution < -0.4 is 0 Å².